The van der Waals surface area contributed by atoms with Gasteiger partial charge in [0.05, 0.1) is 0 Å². The molecule has 0 saturated carbocycles. The van der Waals surface area contributed by atoms with Crippen LogP contribution in [0, 0.1) is 11.8 Å². The molecule has 0 radical (unpaired) electrons. The van der Waals surface area contributed by atoms with Gasteiger partial charge in [-0.25, -0.2) is 0 Å². The summed E-state index contributed by atoms with van der Waals surface area (Å²) in [5.41, 5.74) is 1.67. The van der Waals surface area contributed by atoms with Gasteiger partial charge in [-0.05, 0) is 53.6 Å². The molecule has 4 heteroatoms. The maximum Gasteiger partial charge on any atom is 0.222 e. The van der Waals surface area contributed by atoms with E-state index in [1.165, 1.54) is 0 Å². The summed E-state index contributed by atoms with van der Waals surface area (Å²) in [6.45, 7) is 12.2. The minimum atomic E-state index is -0.404. The van der Waals surface area contributed by atoms with Crippen LogP contribution in [0.25, 0.3) is 0 Å². The second kappa shape index (κ2) is 9.82. The molecule has 158 valence electrons. The zero-order valence-corrected chi connectivity index (χ0v) is 18.4. The molecular formula is C25H35NO3. The number of aromatic hydroxyl groups is 2. The summed E-state index contributed by atoms with van der Waals surface area (Å²) in [5, 5.41) is 19.4. The number of hydrogen-bond donors (Lipinski definition) is 2. The highest BCUT2D eigenvalue weighted by molar-refractivity contribution is 5.76. The third-order valence-electron chi connectivity index (χ3n) is 5.37. The molecule has 0 spiro atoms. The van der Waals surface area contributed by atoms with Crippen LogP contribution < -0.4 is 0 Å². The molecule has 2 aromatic rings. The SMILES string of the molecule is CC(C)CN(CC(C)C)C(=O)CCC(C)(c1ccc(O)cc1)c1ccc(O)cc1. The molecule has 0 unspecified atom stereocenters. The molecule has 0 aliphatic heterocycles. The van der Waals surface area contributed by atoms with Crippen LogP contribution in [0.1, 0.15) is 58.6 Å². The number of carbonyl (C=O) groups is 1. The Hall–Kier alpha value is -2.49. The summed E-state index contributed by atoms with van der Waals surface area (Å²) in [6, 6.07) is 14.4. The number of nitrogens with zero attached hydrogens (tertiary/aromatic N) is 1. The molecule has 2 aromatic carbocycles. The first-order chi connectivity index (χ1) is 13.6. The summed E-state index contributed by atoms with van der Waals surface area (Å²) in [7, 11) is 0. The molecule has 0 heterocycles. The average Bonchev–Trinajstić information content (AvgIpc) is 2.65. The summed E-state index contributed by atoms with van der Waals surface area (Å²) in [4.78, 5) is 15.1. The Morgan fingerprint density at radius 1 is 0.828 bits per heavy atom. The molecule has 1 amide bonds. The van der Waals surface area contributed by atoms with Crippen molar-refractivity contribution in [2.75, 3.05) is 13.1 Å². The van der Waals surface area contributed by atoms with Crippen molar-refractivity contribution in [3.8, 4) is 11.5 Å². The predicted octanol–water partition coefficient (Wildman–Crippen LogP) is 5.32. The highest BCUT2D eigenvalue weighted by Crippen LogP contribution is 2.38. The van der Waals surface area contributed by atoms with E-state index in [0.29, 0.717) is 24.7 Å². The predicted molar refractivity (Wildman–Crippen MR) is 118 cm³/mol. The Bertz CT molecular complexity index is 723. The minimum absolute atomic E-state index is 0.177. The van der Waals surface area contributed by atoms with Gasteiger partial charge in [0, 0.05) is 24.9 Å². The number of benzene rings is 2. The van der Waals surface area contributed by atoms with E-state index < -0.39 is 5.41 Å². The van der Waals surface area contributed by atoms with E-state index in [2.05, 4.69) is 34.6 Å². The number of phenols is 2. The highest BCUT2D eigenvalue weighted by atomic mass is 16.3. The lowest BCUT2D eigenvalue weighted by Gasteiger charge is -2.33. The molecule has 0 atom stereocenters. The van der Waals surface area contributed by atoms with Crippen LogP contribution in [0.4, 0.5) is 0 Å². The maximum absolute atomic E-state index is 13.1. The molecule has 2 rings (SSSR count). The van der Waals surface area contributed by atoms with Crippen LogP contribution in [0.15, 0.2) is 48.5 Å². The van der Waals surface area contributed by atoms with Gasteiger partial charge in [-0.2, -0.15) is 0 Å². The second-order valence-electron chi connectivity index (χ2n) is 9.01. The van der Waals surface area contributed by atoms with E-state index in [-0.39, 0.29) is 17.4 Å². The molecule has 0 aliphatic rings. The summed E-state index contributed by atoms with van der Waals surface area (Å²) >= 11 is 0. The number of rotatable bonds is 9. The van der Waals surface area contributed by atoms with E-state index in [1.807, 2.05) is 29.2 Å². The van der Waals surface area contributed by atoms with Crippen molar-refractivity contribution in [2.24, 2.45) is 11.8 Å². The fourth-order valence-electron chi connectivity index (χ4n) is 3.79. The monoisotopic (exact) mass is 397 g/mol. The van der Waals surface area contributed by atoms with Gasteiger partial charge in [0.2, 0.25) is 5.91 Å². The fourth-order valence-corrected chi connectivity index (χ4v) is 3.79. The Morgan fingerprint density at radius 3 is 1.55 bits per heavy atom. The maximum atomic E-state index is 13.1. The molecule has 0 aromatic heterocycles. The minimum Gasteiger partial charge on any atom is -0.508 e. The van der Waals surface area contributed by atoms with E-state index in [0.717, 1.165) is 24.2 Å². The molecule has 0 bridgehead atoms. The molecular weight excluding hydrogens is 362 g/mol. The van der Waals surface area contributed by atoms with Crippen molar-refractivity contribution in [3.05, 3.63) is 59.7 Å². The van der Waals surface area contributed by atoms with Gasteiger partial charge >= 0.3 is 0 Å². The van der Waals surface area contributed by atoms with Crippen molar-refractivity contribution < 1.29 is 15.0 Å². The second-order valence-corrected chi connectivity index (χ2v) is 9.01. The lowest BCUT2D eigenvalue weighted by atomic mass is 9.73. The molecule has 0 saturated heterocycles. The highest BCUT2D eigenvalue weighted by Gasteiger charge is 2.30. The van der Waals surface area contributed by atoms with E-state index in [4.69, 9.17) is 0 Å². The lowest BCUT2D eigenvalue weighted by molar-refractivity contribution is -0.132. The number of phenolic OH excluding ortho intramolecular Hbond substituents is 2. The van der Waals surface area contributed by atoms with E-state index in [9.17, 15) is 15.0 Å². The van der Waals surface area contributed by atoms with Crippen molar-refractivity contribution in [2.45, 2.75) is 52.9 Å². The number of carbonyl (C=O) groups excluding carboxylic acids is 1. The van der Waals surface area contributed by atoms with Gasteiger partial charge in [-0.1, -0.05) is 58.9 Å². The first-order valence-electron chi connectivity index (χ1n) is 10.5. The Balaban J connectivity index is 2.28. The van der Waals surface area contributed by atoms with Crippen molar-refractivity contribution in [1.29, 1.82) is 0 Å². The Labute approximate surface area is 175 Å². The first-order valence-corrected chi connectivity index (χ1v) is 10.5. The van der Waals surface area contributed by atoms with Crippen LogP contribution in [-0.2, 0) is 10.2 Å². The molecule has 0 aliphatic carbocycles. The zero-order valence-electron chi connectivity index (χ0n) is 18.4. The Morgan fingerprint density at radius 2 is 1.21 bits per heavy atom. The molecule has 29 heavy (non-hydrogen) atoms. The van der Waals surface area contributed by atoms with Crippen LogP contribution in [-0.4, -0.2) is 34.1 Å². The van der Waals surface area contributed by atoms with E-state index in [1.54, 1.807) is 24.3 Å². The van der Waals surface area contributed by atoms with Gasteiger partial charge in [0.15, 0.2) is 0 Å². The van der Waals surface area contributed by atoms with Gasteiger partial charge in [0.25, 0.3) is 0 Å². The normalized spacial score (nSPS) is 11.8. The average molecular weight is 398 g/mol. The van der Waals surface area contributed by atoms with Crippen LogP contribution in [0.3, 0.4) is 0 Å². The number of amides is 1. The van der Waals surface area contributed by atoms with Crippen LogP contribution in [0.2, 0.25) is 0 Å². The smallest absolute Gasteiger partial charge is 0.222 e. The van der Waals surface area contributed by atoms with Crippen molar-refractivity contribution in [1.82, 2.24) is 4.90 Å². The van der Waals surface area contributed by atoms with Crippen LogP contribution >= 0.6 is 0 Å². The van der Waals surface area contributed by atoms with Crippen molar-refractivity contribution >= 4 is 5.91 Å². The van der Waals surface area contributed by atoms with Gasteiger partial charge in [0.1, 0.15) is 11.5 Å². The Kier molecular flexibility index (Phi) is 7.72. The largest absolute Gasteiger partial charge is 0.508 e. The lowest BCUT2D eigenvalue weighted by Crippen LogP contribution is -2.38. The summed E-state index contributed by atoms with van der Waals surface area (Å²) in [6.07, 6.45) is 1.09. The van der Waals surface area contributed by atoms with Gasteiger partial charge < -0.3 is 15.1 Å². The van der Waals surface area contributed by atoms with E-state index >= 15 is 0 Å². The standard InChI is InChI=1S/C25H35NO3/c1-18(2)16-26(17-19(3)4)24(29)14-15-25(5,20-6-10-22(27)11-7-20)21-8-12-23(28)13-9-21/h6-13,18-19,27-28H,14-17H2,1-5H3. The number of hydrogen-bond acceptors (Lipinski definition) is 3. The van der Waals surface area contributed by atoms with Crippen molar-refractivity contribution in [3.63, 3.8) is 0 Å². The summed E-state index contributed by atoms with van der Waals surface area (Å²) < 4.78 is 0. The topological polar surface area (TPSA) is 60.8 Å². The third kappa shape index (κ3) is 6.25. The molecule has 4 nitrogen and oxygen atoms in total. The van der Waals surface area contributed by atoms with Gasteiger partial charge in [-0.15, -0.1) is 0 Å². The first kappa shape index (κ1) is 22.8. The molecule has 2 N–H and O–H groups in total. The summed E-state index contributed by atoms with van der Waals surface area (Å²) in [5.74, 6) is 1.48. The quantitative estimate of drug-likeness (QED) is 0.602. The fraction of sp³-hybridized carbons (Fsp3) is 0.480. The zero-order chi connectivity index (χ0) is 21.6. The van der Waals surface area contributed by atoms with Crippen LogP contribution in [0.5, 0.6) is 11.5 Å². The molecule has 0 fully saturated rings. The van der Waals surface area contributed by atoms with Gasteiger partial charge in [-0.3, -0.25) is 4.79 Å². The third-order valence-corrected chi connectivity index (χ3v) is 5.37.